The van der Waals surface area contributed by atoms with Crippen molar-refractivity contribution in [2.24, 2.45) is 0 Å². The Kier molecular flexibility index (Phi) is 5.55. The van der Waals surface area contributed by atoms with Crippen LogP contribution in [0.1, 0.15) is 37.7 Å². The van der Waals surface area contributed by atoms with Gasteiger partial charge in [-0.1, -0.05) is 25.0 Å². The highest BCUT2D eigenvalue weighted by Crippen LogP contribution is 2.42. The number of sulfone groups is 1. The Bertz CT molecular complexity index is 815. The molecule has 0 N–H and O–H groups in total. The predicted octanol–water partition coefficient (Wildman–Crippen LogP) is 1.83. The van der Waals surface area contributed by atoms with Gasteiger partial charge in [0.1, 0.15) is 5.82 Å². The molecule has 1 saturated heterocycles. The number of likely N-dealkylation sites (N-methyl/N-ethyl adjacent to an activating group) is 1. The Morgan fingerprint density at radius 3 is 2.41 bits per heavy atom. The molecule has 2 fully saturated rings. The standard InChI is InChI=1S/C19H24FNO5S/c1-21(16-8-11-27(24,25)13-16)17(22)12-26-18(23)19(9-2-3-10-19)14-4-6-15(20)7-5-14/h4-7,16H,2-3,8-13H2,1H3/t16-/m0/s1. The highest BCUT2D eigenvalue weighted by atomic mass is 32.2. The van der Waals surface area contributed by atoms with E-state index < -0.39 is 33.7 Å². The van der Waals surface area contributed by atoms with E-state index in [0.717, 1.165) is 12.8 Å². The number of rotatable bonds is 5. The minimum Gasteiger partial charge on any atom is -0.455 e. The second kappa shape index (κ2) is 7.58. The number of halogens is 1. The van der Waals surface area contributed by atoms with Crippen molar-refractivity contribution in [1.82, 2.24) is 4.90 Å². The molecule has 0 radical (unpaired) electrons. The second-order valence-corrected chi connectivity index (χ2v) is 9.66. The highest BCUT2D eigenvalue weighted by Gasteiger charge is 2.44. The number of ether oxygens (including phenoxy) is 1. The van der Waals surface area contributed by atoms with Gasteiger partial charge in [0.15, 0.2) is 16.4 Å². The molecule has 1 aromatic carbocycles. The van der Waals surface area contributed by atoms with Crippen molar-refractivity contribution in [2.75, 3.05) is 25.2 Å². The summed E-state index contributed by atoms with van der Waals surface area (Å²) in [6, 6.07) is 5.46. The van der Waals surface area contributed by atoms with E-state index in [1.165, 1.54) is 24.1 Å². The third-order valence-electron chi connectivity index (χ3n) is 5.72. The Morgan fingerprint density at radius 2 is 1.85 bits per heavy atom. The molecule has 0 spiro atoms. The molecule has 1 aliphatic carbocycles. The largest absolute Gasteiger partial charge is 0.455 e. The van der Waals surface area contributed by atoms with Crippen LogP contribution in [0.2, 0.25) is 0 Å². The topological polar surface area (TPSA) is 80.8 Å². The Balaban J connectivity index is 1.65. The fraction of sp³-hybridized carbons (Fsp3) is 0.579. The summed E-state index contributed by atoms with van der Waals surface area (Å²) in [6.07, 6.45) is 3.32. The molecule has 2 aliphatic rings. The summed E-state index contributed by atoms with van der Waals surface area (Å²) in [5.74, 6) is -1.25. The van der Waals surface area contributed by atoms with E-state index in [9.17, 15) is 22.4 Å². The number of esters is 1. The van der Waals surface area contributed by atoms with Crippen LogP contribution >= 0.6 is 0 Å². The molecule has 1 amide bonds. The van der Waals surface area contributed by atoms with Crippen LogP contribution in [0.25, 0.3) is 0 Å². The highest BCUT2D eigenvalue weighted by molar-refractivity contribution is 7.91. The minimum atomic E-state index is -3.10. The predicted molar refractivity (Wildman–Crippen MR) is 97.3 cm³/mol. The van der Waals surface area contributed by atoms with Gasteiger partial charge in [0.25, 0.3) is 5.91 Å². The third kappa shape index (κ3) is 4.15. The number of carbonyl (C=O) groups is 2. The van der Waals surface area contributed by atoms with Gasteiger partial charge in [-0.3, -0.25) is 9.59 Å². The van der Waals surface area contributed by atoms with Crippen molar-refractivity contribution in [3.8, 4) is 0 Å². The van der Waals surface area contributed by atoms with E-state index in [0.29, 0.717) is 24.8 Å². The number of hydrogen-bond donors (Lipinski definition) is 0. The van der Waals surface area contributed by atoms with Crippen molar-refractivity contribution in [3.63, 3.8) is 0 Å². The molecule has 3 rings (SSSR count). The Labute approximate surface area is 158 Å². The average Bonchev–Trinajstić information content (AvgIpc) is 3.26. The summed E-state index contributed by atoms with van der Waals surface area (Å²) in [5, 5.41) is 0. The quantitative estimate of drug-likeness (QED) is 0.708. The molecule has 27 heavy (non-hydrogen) atoms. The van der Waals surface area contributed by atoms with Crippen molar-refractivity contribution in [3.05, 3.63) is 35.6 Å². The van der Waals surface area contributed by atoms with Crippen LogP contribution in [0.3, 0.4) is 0 Å². The number of amides is 1. The number of carbonyl (C=O) groups excluding carboxylic acids is 2. The zero-order valence-corrected chi connectivity index (χ0v) is 16.1. The van der Waals surface area contributed by atoms with E-state index in [1.54, 1.807) is 12.1 Å². The maximum absolute atomic E-state index is 13.2. The van der Waals surface area contributed by atoms with Gasteiger partial charge in [0.05, 0.1) is 16.9 Å². The third-order valence-corrected chi connectivity index (χ3v) is 7.47. The van der Waals surface area contributed by atoms with Crippen molar-refractivity contribution in [1.29, 1.82) is 0 Å². The first kappa shape index (κ1) is 19.8. The lowest BCUT2D eigenvalue weighted by Crippen LogP contribution is -2.42. The molecule has 1 atom stereocenters. The maximum atomic E-state index is 13.2. The fourth-order valence-electron chi connectivity index (χ4n) is 4.01. The van der Waals surface area contributed by atoms with Crippen LogP contribution < -0.4 is 0 Å². The first-order chi connectivity index (χ1) is 12.7. The van der Waals surface area contributed by atoms with E-state index >= 15 is 0 Å². The SMILES string of the molecule is CN(C(=O)COC(=O)C1(c2ccc(F)cc2)CCCC1)[C@H]1CCS(=O)(=O)C1. The van der Waals surface area contributed by atoms with Crippen molar-refractivity contribution >= 4 is 21.7 Å². The molecule has 6 nitrogen and oxygen atoms in total. The van der Waals surface area contributed by atoms with Gasteiger partial charge in [-0.2, -0.15) is 0 Å². The maximum Gasteiger partial charge on any atom is 0.317 e. The Morgan fingerprint density at radius 1 is 1.22 bits per heavy atom. The number of hydrogen-bond acceptors (Lipinski definition) is 5. The van der Waals surface area contributed by atoms with E-state index in [4.69, 9.17) is 4.74 Å². The molecule has 0 aromatic heterocycles. The van der Waals surface area contributed by atoms with Crippen LogP contribution in [0.5, 0.6) is 0 Å². The zero-order valence-electron chi connectivity index (χ0n) is 15.3. The summed E-state index contributed by atoms with van der Waals surface area (Å²) in [5.41, 5.74) is -0.141. The van der Waals surface area contributed by atoms with E-state index in [1.807, 2.05) is 0 Å². The molecule has 148 valence electrons. The lowest BCUT2D eigenvalue weighted by molar-refractivity contribution is -0.157. The van der Waals surface area contributed by atoms with Gasteiger partial charge in [-0.15, -0.1) is 0 Å². The lowest BCUT2D eigenvalue weighted by Gasteiger charge is -2.28. The van der Waals surface area contributed by atoms with Crippen LogP contribution in [0.4, 0.5) is 4.39 Å². The van der Waals surface area contributed by atoms with Gasteiger partial charge in [0.2, 0.25) is 0 Å². The molecule has 1 aromatic rings. The molecular weight excluding hydrogens is 373 g/mol. The normalized spacial score (nSPS) is 23.1. The number of benzene rings is 1. The van der Waals surface area contributed by atoms with Gasteiger partial charge in [-0.05, 0) is 37.0 Å². The molecular formula is C19H24FNO5S. The first-order valence-electron chi connectivity index (χ1n) is 9.13. The van der Waals surface area contributed by atoms with E-state index in [-0.39, 0.29) is 23.4 Å². The molecule has 1 saturated carbocycles. The summed E-state index contributed by atoms with van der Waals surface area (Å²) in [4.78, 5) is 26.5. The monoisotopic (exact) mass is 397 g/mol. The van der Waals surface area contributed by atoms with Gasteiger partial charge >= 0.3 is 5.97 Å². The lowest BCUT2D eigenvalue weighted by atomic mass is 9.79. The van der Waals surface area contributed by atoms with Gasteiger partial charge in [0, 0.05) is 13.1 Å². The molecule has 0 bridgehead atoms. The number of nitrogens with zero attached hydrogens (tertiary/aromatic N) is 1. The second-order valence-electron chi connectivity index (χ2n) is 7.43. The summed E-state index contributed by atoms with van der Waals surface area (Å²) in [7, 11) is -1.57. The summed E-state index contributed by atoms with van der Waals surface area (Å²) in [6.45, 7) is -0.422. The van der Waals surface area contributed by atoms with Crippen molar-refractivity contribution < 1.29 is 27.1 Å². The smallest absolute Gasteiger partial charge is 0.317 e. The fourth-order valence-corrected chi connectivity index (χ4v) is 5.78. The van der Waals surface area contributed by atoms with Gasteiger partial charge in [-0.25, -0.2) is 12.8 Å². The molecule has 1 heterocycles. The first-order valence-corrected chi connectivity index (χ1v) is 10.9. The molecule has 8 heteroatoms. The van der Waals surface area contributed by atoms with Gasteiger partial charge < -0.3 is 9.64 Å². The van der Waals surface area contributed by atoms with Crippen LogP contribution in [-0.4, -0.2) is 56.4 Å². The summed E-state index contributed by atoms with van der Waals surface area (Å²) < 4.78 is 41.7. The average molecular weight is 397 g/mol. The Hall–Kier alpha value is -1.96. The van der Waals surface area contributed by atoms with Crippen molar-refractivity contribution in [2.45, 2.75) is 43.6 Å². The molecule has 0 unspecified atom stereocenters. The zero-order chi connectivity index (χ0) is 19.7. The summed E-state index contributed by atoms with van der Waals surface area (Å²) >= 11 is 0. The minimum absolute atomic E-state index is 0.0529. The van der Waals surface area contributed by atoms with Crippen LogP contribution in [0.15, 0.2) is 24.3 Å². The van der Waals surface area contributed by atoms with Crippen LogP contribution in [0, 0.1) is 5.82 Å². The van der Waals surface area contributed by atoms with Crippen LogP contribution in [-0.2, 0) is 29.6 Å². The molecule has 1 aliphatic heterocycles. The van der Waals surface area contributed by atoms with E-state index in [2.05, 4.69) is 0 Å².